The van der Waals surface area contributed by atoms with Crippen LogP contribution in [-0.2, 0) is 10.0 Å². The monoisotopic (exact) mass is 356 g/mol. The number of hydrogen-bond donors (Lipinski definition) is 0. The van der Waals surface area contributed by atoms with Crippen molar-refractivity contribution in [1.82, 2.24) is 9.46 Å². The van der Waals surface area contributed by atoms with Crippen molar-refractivity contribution in [3.05, 3.63) is 34.7 Å². The summed E-state index contributed by atoms with van der Waals surface area (Å²) in [5, 5.41) is 4.64. The number of nitrogens with zero attached hydrogens (tertiary/aromatic N) is 2. The molecule has 5 nitrogen and oxygen atoms in total. The molecule has 0 amide bonds. The number of piperidine rings is 1. The van der Waals surface area contributed by atoms with E-state index in [0.29, 0.717) is 36.4 Å². The van der Waals surface area contributed by atoms with Gasteiger partial charge < -0.3 is 4.52 Å². The van der Waals surface area contributed by atoms with Crippen LogP contribution < -0.4 is 0 Å². The SMILES string of the molecule is Cc1noc(C)c1S(=O)(=O)N1CCC(C2C=CCC(Cl)=C2)CC1. The van der Waals surface area contributed by atoms with Crippen molar-refractivity contribution in [2.24, 2.45) is 11.8 Å². The minimum absolute atomic E-state index is 0.219. The summed E-state index contributed by atoms with van der Waals surface area (Å²) in [4.78, 5) is 0.219. The van der Waals surface area contributed by atoms with E-state index in [4.69, 9.17) is 16.1 Å². The number of aromatic nitrogens is 1. The molecule has 0 radical (unpaired) electrons. The van der Waals surface area contributed by atoms with Gasteiger partial charge in [-0.2, -0.15) is 4.31 Å². The van der Waals surface area contributed by atoms with Crippen LogP contribution in [0.2, 0.25) is 0 Å². The van der Waals surface area contributed by atoms with E-state index < -0.39 is 10.0 Å². The van der Waals surface area contributed by atoms with Crippen molar-refractivity contribution in [1.29, 1.82) is 0 Å². The zero-order valence-corrected chi connectivity index (χ0v) is 14.9. The van der Waals surface area contributed by atoms with Gasteiger partial charge in [-0.05, 0) is 38.5 Å². The van der Waals surface area contributed by atoms with E-state index in [1.807, 2.05) is 0 Å². The molecule has 0 aromatic carbocycles. The van der Waals surface area contributed by atoms with Crippen molar-refractivity contribution in [2.45, 2.75) is 38.0 Å². The number of rotatable bonds is 3. The van der Waals surface area contributed by atoms with E-state index in [1.165, 1.54) is 0 Å². The Balaban J connectivity index is 1.72. The molecular weight excluding hydrogens is 336 g/mol. The summed E-state index contributed by atoms with van der Waals surface area (Å²) in [6.45, 7) is 4.34. The molecule has 1 unspecified atom stereocenters. The molecule has 23 heavy (non-hydrogen) atoms. The van der Waals surface area contributed by atoms with E-state index >= 15 is 0 Å². The first-order valence-corrected chi connectivity index (χ1v) is 9.67. The van der Waals surface area contributed by atoms with Crippen molar-refractivity contribution in [3.63, 3.8) is 0 Å². The minimum atomic E-state index is -3.53. The number of allylic oxidation sites excluding steroid dienone is 4. The van der Waals surface area contributed by atoms with E-state index in [1.54, 1.807) is 18.2 Å². The first-order chi connectivity index (χ1) is 10.9. The summed E-state index contributed by atoms with van der Waals surface area (Å²) in [6, 6.07) is 0. The topological polar surface area (TPSA) is 63.4 Å². The Morgan fingerprint density at radius 3 is 2.57 bits per heavy atom. The van der Waals surface area contributed by atoms with Crippen LogP contribution in [0.25, 0.3) is 0 Å². The summed E-state index contributed by atoms with van der Waals surface area (Å²) >= 11 is 6.12. The molecular formula is C16H21ClN2O3S. The highest BCUT2D eigenvalue weighted by atomic mass is 35.5. The highest BCUT2D eigenvalue weighted by Gasteiger charge is 2.35. The van der Waals surface area contributed by atoms with Crippen LogP contribution in [0.1, 0.15) is 30.7 Å². The third kappa shape index (κ3) is 3.25. The normalized spacial score (nSPS) is 24.0. The third-order valence-corrected chi connectivity index (χ3v) is 7.08. The largest absolute Gasteiger partial charge is 0.360 e. The molecule has 0 N–H and O–H groups in total. The summed E-state index contributed by atoms with van der Waals surface area (Å²) in [5.74, 6) is 1.12. The lowest BCUT2D eigenvalue weighted by atomic mass is 9.83. The molecule has 2 aliphatic rings. The lowest BCUT2D eigenvalue weighted by Gasteiger charge is -2.34. The summed E-state index contributed by atoms with van der Waals surface area (Å²) < 4.78 is 32.2. The van der Waals surface area contributed by atoms with Gasteiger partial charge in [0.05, 0.1) is 0 Å². The number of sulfonamides is 1. The first kappa shape index (κ1) is 16.7. The van der Waals surface area contributed by atoms with Crippen LogP contribution in [0.3, 0.4) is 0 Å². The third-order valence-electron chi connectivity index (χ3n) is 4.65. The van der Waals surface area contributed by atoms with Crippen molar-refractivity contribution < 1.29 is 12.9 Å². The van der Waals surface area contributed by atoms with Crippen molar-refractivity contribution >= 4 is 21.6 Å². The second-order valence-electron chi connectivity index (χ2n) is 6.22. The first-order valence-electron chi connectivity index (χ1n) is 7.85. The highest BCUT2D eigenvalue weighted by Crippen LogP contribution is 2.34. The zero-order valence-electron chi connectivity index (χ0n) is 13.3. The Kier molecular flexibility index (Phi) is 4.67. The Morgan fingerprint density at radius 1 is 1.30 bits per heavy atom. The fourth-order valence-electron chi connectivity index (χ4n) is 3.44. The van der Waals surface area contributed by atoms with Crippen LogP contribution in [0, 0.1) is 25.7 Å². The number of hydrogen-bond acceptors (Lipinski definition) is 4. The fourth-order valence-corrected chi connectivity index (χ4v) is 5.43. The molecule has 7 heteroatoms. The molecule has 0 saturated carbocycles. The van der Waals surface area contributed by atoms with E-state index in [0.717, 1.165) is 24.3 Å². The molecule has 126 valence electrons. The van der Waals surface area contributed by atoms with Crippen LogP contribution in [0.5, 0.6) is 0 Å². The van der Waals surface area contributed by atoms with Gasteiger partial charge in [0.2, 0.25) is 10.0 Å². The molecule has 1 aliphatic carbocycles. The van der Waals surface area contributed by atoms with E-state index in [-0.39, 0.29) is 4.90 Å². The molecule has 1 atom stereocenters. The molecule has 2 heterocycles. The predicted molar refractivity (Wildman–Crippen MR) is 88.6 cm³/mol. The molecule has 1 aromatic heterocycles. The maximum Gasteiger partial charge on any atom is 0.248 e. The fraction of sp³-hybridized carbons (Fsp3) is 0.562. The average Bonchev–Trinajstić information content (AvgIpc) is 2.87. The van der Waals surface area contributed by atoms with Gasteiger partial charge in [-0.3, -0.25) is 0 Å². The molecule has 3 rings (SSSR count). The Labute approximate surface area is 142 Å². The molecule has 1 saturated heterocycles. The molecule has 1 fully saturated rings. The van der Waals surface area contributed by atoms with Crippen LogP contribution in [0.4, 0.5) is 0 Å². The van der Waals surface area contributed by atoms with Gasteiger partial charge in [-0.1, -0.05) is 35.0 Å². The number of halogens is 1. The standard InChI is InChI=1S/C16H21ClN2O3S/c1-11-16(12(2)22-18-11)23(20,21)19-8-6-13(7-9-19)14-4-3-5-15(17)10-14/h3-4,10,13-14H,5-9H2,1-2H3. The summed E-state index contributed by atoms with van der Waals surface area (Å²) in [5.41, 5.74) is 0.426. The van der Waals surface area contributed by atoms with Gasteiger partial charge in [-0.25, -0.2) is 8.42 Å². The van der Waals surface area contributed by atoms with Crippen molar-refractivity contribution in [2.75, 3.05) is 13.1 Å². The molecule has 1 aliphatic heterocycles. The summed E-state index contributed by atoms with van der Waals surface area (Å²) in [7, 11) is -3.53. The average molecular weight is 357 g/mol. The minimum Gasteiger partial charge on any atom is -0.360 e. The Morgan fingerprint density at radius 2 is 2.00 bits per heavy atom. The van der Waals surface area contributed by atoms with Gasteiger partial charge in [0.1, 0.15) is 10.6 Å². The lowest BCUT2D eigenvalue weighted by molar-refractivity contribution is 0.249. The highest BCUT2D eigenvalue weighted by molar-refractivity contribution is 7.89. The second kappa shape index (κ2) is 6.42. The second-order valence-corrected chi connectivity index (χ2v) is 8.58. The van der Waals surface area contributed by atoms with Gasteiger partial charge in [0, 0.05) is 24.5 Å². The van der Waals surface area contributed by atoms with E-state index in [9.17, 15) is 8.42 Å². The van der Waals surface area contributed by atoms with Gasteiger partial charge in [-0.15, -0.1) is 0 Å². The molecule has 0 spiro atoms. The van der Waals surface area contributed by atoms with Crippen molar-refractivity contribution in [3.8, 4) is 0 Å². The van der Waals surface area contributed by atoms with Crippen LogP contribution in [-0.4, -0.2) is 31.0 Å². The Bertz CT molecular complexity index is 724. The zero-order chi connectivity index (χ0) is 16.6. The lowest BCUT2D eigenvalue weighted by Crippen LogP contribution is -2.40. The van der Waals surface area contributed by atoms with Gasteiger partial charge in [0.25, 0.3) is 0 Å². The Hall–Kier alpha value is -1.11. The van der Waals surface area contributed by atoms with Crippen LogP contribution >= 0.6 is 11.6 Å². The maximum absolute atomic E-state index is 12.8. The van der Waals surface area contributed by atoms with Gasteiger partial charge >= 0.3 is 0 Å². The summed E-state index contributed by atoms with van der Waals surface area (Å²) in [6.07, 6.45) is 8.85. The maximum atomic E-state index is 12.8. The van der Waals surface area contributed by atoms with Crippen LogP contribution in [0.15, 0.2) is 32.7 Å². The predicted octanol–water partition coefficient (Wildman–Crippen LogP) is 3.39. The number of aryl methyl sites for hydroxylation is 2. The smallest absolute Gasteiger partial charge is 0.248 e. The molecule has 0 bridgehead atoms. The quantitative estimate of drug-likeness (QED) is 0.779. The van der Waals surface area contributed by atoms with E-state index in [2.05, 4.69) is 23.4 Å². The van der Waals surface area contributed by atoms with Gasteiger partial charge in [0.15, 0.2) is 5.76 Å². The molecule has 1 aromatic rings.